The Morgan fingerprint density at radius 2 is 2.00 bits per heavy atom. The summed E-state index contributed by atoms with van der Waals surface area (Å²) in [6.07, 6.45) is 7.22. The highest BCUT2D eigenvalue weighted by atomic mass is 16.2. The van der Waals surface area contributed by atoms with Crippen LogP contribution in [0.15, 0.2) is 24.3 Å². The van der Waals surface area contributed by atoms with Crippen LogP contribution in [-0.2, 0) is 6.42 Å². The smallest absolute Gasteiger partial charge is 0.317 e. The quantitative estimate of drug-likeness (QED) is 0.907. The number of carbonyl (C=O) groups is 1. The van der Waals surface area contributed by atoms with Gasteiger partial charge in [-0.1, -0.05) is 49.1 Å². The summed E-state index contributed by atoms with van der Waals surface area (Å²) in [5, 5.41) is 3.27. The number of urea groups is 1. The molecule has 3 rings (SSSR count). The monoisotopic (exact) mass is 343 g/mol. The number of aryl methyl sites for hydroxylation is 1. The van der Waals surface area contributed by atoms with Gasteiger partial charge in [-0.3, -0.25) is 4.90 Å². The van der Waals surface area contributed by atoms with Gasteiger partial charge in [-0.2, -0.15) is 0 Å². The van der Waals surface area contributed by atoms with Crippen molar-refractivity contribution in [3.8, 4) is 0 Å². The van der Waals surface area contributed by atoms with Gasteiger partial charge in [0.15, 0.2) is 0 Å². The van der Waals surface area contributed by atoms with Gasteiger partial charge in [0.05, 0.1) is 0 Å². The number of hydrogen-bond donors (Lipinski definition) is 1. The van der Waals surface area contributed by atoms with Crippen LogP contribution in [0.3, 0.4) is 0 Å². The van der Waals surface area contributed by atoms with E-state index in [2.05, 4.69) is 48.3 Å². The van der Waals surface area contributed by atoms with Crippen molar-refractivity contribution in [2.45, 2.75) is 64.5 Å². The van der Waals surface area contributed by atoms with Crippen LogP contribution in [0.1, 0.15) is 50.2 Å². The molecule has 1 unspecified atom stereocenters. The van der Waals surface area contributed by atoms with Crippen LogP contribution in [0.4, 0.5) is 4.79 Å². The molecule has 1 aliphatic heterocycles. The Labute approximate surface area is 152 Å². The average molecular weight is 344 g/mol. The standard InChI is InChI=1S/C21H33N3O/c1-17-7-6-8-19(15-17)11-12-23-13-14-24(18(2)16-23)21(25)22-20-9-4-3-5-10-20/h6-8,15,18,20H,3-5,9-14,16H2,1-2H3,(H,22,25). The minimum absolute atomic E-state index is 0.151. The Morgan fingerprint density at radius 3 is 2.72 bits per heavy atom. The average Bonchev–Trinajstić information content (AvgIpc) is 2.61. The molecule has 1 aromatic carbocycles. The van der Waals surface area contributed by atoms with Gasteiger partial charge in [0, 0.05) is 38.3 Å². The molecule has 1 aromatic rings. The van der Waals surface area contributed by atoms with Crippen molar-refractivity contribution >= 4 is 6.03 Å². The van der Waals surface area contributed by atoms with E-state index >= 15 is 0 Å². The van der Waals surface area contributed by atoms with E-state index in [0.29, 0.717) is 6.04 Å². The maximum atomic E-state index is 12.6. The molecule has 4 nitrogen and oxygen atoms in total. The molecule has 0 bridgehead atoms. The van der Waals surface area contributed by atoms with E-state index < -0.39 is 0 Å². The second kappa shape index (κ2) is 8.70. The van der Waals surface area contributed by atoms with Gasteiger partial charge in [0.25, 0.3) is 0 Å². The van der Waals surface area contributed by atoms with E-state index in [9.17, 15) is 4.79 Å². The molecule has 2 fully saturated rings. The first-order chi connectivity index (χ1) is 12.1. The predicted molar refractivity (Wildman–Crippen MR) is 103 cm³/mol. The minimum atomic E-state index is 0.151. The summed E-state index contributed by atoms with van der Waals surface area (Å²) in [7, 11) is 0. The Bertz CT molecular complexity index is 568. The van der Waals surface area contributed by atoms with Crippen LogP contribution in [0.5, 0.6) is 0 Å². The van der Waals surface area contributed by atoms with Crippen molar-refractivity contribution in [2.75, 3.05) is 26.2 Å². The van der Waals surface area contributed by atoms with E-state index in [1.165, 1.54) is 30.4 Å². The lowest BCUT2D eigenvalue weighted by Crippen LogP contribution is -2.58. The zero-order valence-corrected chi connectivity index (χ0v) is 15.8. The summed E-state index contributed by atoms with van der Waals surface area (Å²) in [5.74, 6) is 0. The largest absolute Gasteiger partial charge is 0.335 e. The fourth-order valence-electron chi connectivity index (χ4n) is 4.20. The number of rotatable bonds is 4. The van der Waals surface area contributed by atoms with Gasteiger partial charge >= 0.3 is 6.03 Å². The van der Waals surface area contributed by atoms with Crippen LogP contribution in [0.2, 0.25) is 0 Å². The van der Waals surface area contributed by atoms with Crippen molar-refractivity contribution < 1.29 is 4.79 Å². The molecule has 2 amide bonds. The number of amides is 2. The summed E-state index contributed by atoms with van der Waals surface area (Å²) in [5.41, 5.74) is 2.74. The van der Waals surface area contributed by atoms with Gasteiger partial charge in [-0.15, -0.1) is 0 Å². The Hall–Kier alpha value is -1.55. The molecule has 0 spiro atoms. The molecule has 25 heavy (non-hydrogen) atoms. The van der Waals surface area contributed by atoms with E-state index in [0.717, 1.165) is 45.4 Å². The second-order valence-electron chi connectivity index (χ2n) is 7.87. The molecule has 0 aromatic heterocycles. The first kappa shape index (κ1) is 18.2. The second-order valence-corrected chi connectivity index (χ2v) is 7.87. The van der Waals surface area contributed by atoms with Gasteiger partial charge in [0.1, 0.15) is 0 Å². The van der Waals surface area contributed by atoms with Crippen molar-refractivity contribution in [2.24, 2.45) is 0 Å². The highest BCUT2D eigenvalue weighted by Crippen LogP contribution is 2.18. The highest BCUT2D eigenvalue weighted by Gasteiger charge is 2.28. The van der Waals surface area contributed by atoms with Gasteiger partial charge in [-0.05, 0) is 38.7 Å². The summed E-state index contributed by atoms with van der Waals surface area (Å²) < 4.78 is 0. The number of carbonyl (C=O) groups excluding carboxylic acids is 1. The van der Waals surface area contributed by atoms with Crippen molar-refractivity contribution in [1.82, 2.24) is 15.1 Å². The Balaban J connectivity index is 1.44. The van der Waals surface area contributed by atoms with Gasteiger partial charge in [-0.25, -0.2) is 4.79 Å². The fraction of sp³-hybridized carbons (Fsp3) is 0.667. The molecule has 1 heterocycles. The molecule has 1 saturated carbocycles. The van der Waals surface area contributed by atoms with Crippen molar-refractivity contribution in [3.63, 3.8) is 0 Å². The van der Waals surface area contributed by atoms with Crippen LogP contribution in [0.25, 0.3) is 0 Å². The topological polar surface area (TPSA) is 35.6 Å². The fourth-order valence-corrected chi connectivity index (χ4v) is 4.20. The van der Waals surface area contributed by atoms with Crippen LogP contribution in [-0.4, -0.2) is 54.1 Å². The van der Waals surface area contributed by atoms with E-state index in [4.69, 9.17) is 0 Å². The Kier molecular flexibility index (Phi) is 6.35. The maximum absolute atomic E-state index is 12.6. The molecule has 1 saturated heterocycles. The number of hydrogen-bond acceptors (Lipinski definition) is 2. The third-order valence-corrected chi connectivity index (χ3v) is 5.70. The molecular formula is C21H33N3O. The lowest BCUT2D eigenvalue weighted by atomic mass is 9.96. The Morgan fingerprint density at radius 1 is 1.20 bits per heavy atom. The third-order valence-electron chi connectivity index (χ3n) is 5.70. The van der Waals surface area contributed by atoms with Crippen molar-refractivity contribution in [1.29, 1.82) is 0 Å². The molecule has 0 radical (unpaired) electrons. The zero-order valence-electron chi connectivity index (χ0n) is 15.8. The number of benzene rings is 1. The van der Waals surface area contributed by atoms with Gasteiger partial charge < -0.3 is 10.2 Å². The number of piperazine rings is 1. The molecule has 1 aliphatic carbocycles. The van der Waals surface area contributed by atoms with E-state index in [-0.39, 0.29) is 12.1 Å². The van der Waals surface area contributed by atoms with Crippen LogP contribution in [0, 0.1) is 6.92 Å². The summed E-state index contributed by atoms with van der Waals surface area (Å²) in [6.45, 7) is 8.20. The first-order valence-corrected chi connectivity index (χ1v) is 9.97. The molecule has 4 heteroatoms. The summed E-state index contributed by atoms with van der Waals surface area (Å²) >= 11 is 0. The number of nitrogens with zero attached hydrogens (tertiary/aromatic N) is 2. The molecular weight excluding hydrogens is 310 g/mol. The van der Waals surface area contributed by atoms with E-state index in [1.807, 2.05) is 4.90 Å². The molecule has 138 valence electrons. The summed E-state index contributed by atoms with van der Waals surface area (Å²) in [4.78, 5) is 17.1. The van der Waals surface area contributed by atoms with E-state index in [1.54, 1.807) is 0 Å². The van der Waals surface area contributed by atoms with Crippen molar-refractivity contribution in [3.05, 3.63) is 35.4 Å². The van der Waals surface area contributed by atoms with Gasteiger partial charge in [0.2, 0.25) is 0 Å². The first-order valence-electron chi connectivity index (χ1n) is 9.97. The number of nitrogens with one attached hydrogen (secondary N) is 1. The van der Waals surface area contributed by atoms with Crippen LogP contribution < -0.4 is 5.32 Å². The normalized spacial score (nSPS) is 22.8. The maximum Gasteiger partial charge on any atom is 0.317 e. The summed E-state index contributed by atoms with van der Waals surface area (Å²) in [6, 6.07) is 9.61. The lowest BCUT2D eigenvalue weighted by molar-refractivity contribution is 0.0997. The SMILES string of the molecule is Cc1cccc(CCN2CCN(C(=O)NC3CCCCC3)C(C)C2)c1. The molecule has 2 aliphatic rings. The van der Waals surface area contributed by atoms with Crippen LogP contribution >= 0.6 is 0 Å². The lowest BCUT2D eigenvalue weighted by Gasteiger charge is -2.40. The predicted octanol–water partition coefficient (Wildman–Crippen LogP) is 3.59. The highest BCUT2D eigenvalue weighted by molar-refractivity contribution is 5.75. The molecule has 1 N–H and O–H groups in total. The third kappa shape index (κ3) is 5.21. The molecule has 1 atom stereocenters. The minimum Gasteiger partial charge on any atom is -0.335 e. The zero-order chi connectivity index (χ0) is 17.6.